The van der Waals surface area contributed by atoms with E-state index in [4.69, 9.17) is 22.1 Å². The van der Waals surface area contributed by atoms with Crippen molar-refractivity contribution in [2.24, 2.45) is 5.73 Å². The maximum Gasteiger partial charge on any atom is 0.222 e. The van der Waals surface area contributed by atoms with Crippen molar-refractivity contribution >= 4 is 17.5 Å². The number of amides is 1. The Bertz CT molecular complexity index is 454. The number of hydrogen-bond donors (Lipinski definition) is 2. The molecule has 0 aliphatic carbocycles. The quantitative estimate of drug-likeness (QED) is 0.733. The standard InChI is InChI=1S/C17H27ClN2O2/c1-4-17(5-2,13-6-8-14(18)9-7-13)12-20-16(21)10-15(11-19)22-3/h6-9,15H,4-5,10-12,19H2,1-3H3,(H,20,21). The maximum atomic E-state index is 12.1. The summed E-state index contributed by atoms with van der Waals surface area (Å²) < 4.78 is 5.15. The van der Waals surface area contributed by atoms with Gasteiger partial charge in [-0.1, -0.05) is 37.6 Å². The van der Waals surface area contributed by atoms with Crippen LogP contribution in [0.2, 0.25) is 5.02 Å². The third kappa shape index (κ3) is 4.97. The van der Waals surface area contributed by atoms with Crippen LogP contribution in [-0.2, 0) is 14.9 Å². The average Bonchev–Trinajstić information content (AvgIpc) is 2.55. The van der Waals surface area contributed by atoms with Gasteiger partial charge in [-0.2, -0.15) is 0 Å². The van der Waals surface area contributed by atoms with Crippen LogP contribution in [0.5, 0.6) is 0 Å². The van der Waals surface area contributed by atoms with Gasteiger partial charge in [0.2, 0.25) is 5.91 Å². The van der Waals surface area contributed by atoms with Crippen molar-refractivity contribution in [3.8, 4) is 0 Å². The lowest BCUT2D eigenvalue weighted by Crippen LogP contribution is -2.41. The van der Waals surface area contributed by atoms with E-state index in [1.807, 2.05) is 24.3 Å². The first kappa shape index (κ1) is 18.9. The van der Waals surface area contributed by atoms with Gasteiger partial charge in [-0.3, -0.25) is 4.79 Å². The second-order valence-corrected chi connectivity index (χ2v) is 6.01. The molecule has 0 saturated carbocycles. The van der Waals surface area contributed by atoms with Crippen LogP contribution < -0.4 is 11.1 Å². The van der Waals surface area contributed by atoms with Crippen LogP contribution in [0.1, 0.15) is 38.7 Å². The van der Waals surface area contributed by atoms with Crippen molar-refractivity contribution < 1.29 is 9.53 Å². The van der Waals surface area contributed by atoms with Crippen LogP contribution in [0.4, 0.5) is 0 Å². The topological polar surface area (TPSA) is 64.4 Å². The fourth-order valence-corrected chi connectivity index (χ4v) is 2.75. The highest BCUT2D eigenvalue weighted by atomic mass is 35.5. The molecule has 0 heterocycles. The fraction of sp³-hybridized carbons (Fsp3) is 0.588. The van der Waals surface area contributed by atoms with E-state index in [0.717, 1.165) is 17.9 Å². The predicted octanol–water partition coefficient (Wildman–Crippen LogP) is 2.88. The van der Waals surface area contributed by atoms with Gasteiger partial charge in [0.15, 0.2) is 0 Å². The molecule has 1 aromatic rings. The molecule has 3 N–H and O–H groups in total. The van der Waals surface area contributed by atoms with E-state index in [-0.39, 0.29) is 23.8 Å². The van der Waals surface area contributed by atoms with Crippen molar-refractivity contribution in [1.29, 1.82) is 0 Å². The molecule has 1 unspecified atom stereocenters. The SMILES string of the molecule is CCC(CC)(CNC(=O)CC(CN)OC)c1ccc(Cl)cc1. The summed E-state index contributed by atoms with van der Waals surface area (Å²) in [4.78, 5) is 12.1. The minimum Gasteiger partial charge on any atom is -0.380 e. The van der Waals surface area contributed by atoms with Gasteiger partial charge < -0.3 is 15.8 Å². The van der Waals surface area contributed by atoms with Gasteiger partial charge >= 0.3 is 0 Å². The summed E-state index contributed by atoms with van der Waals surface area (Å²) >= 11 is 5.97. The summed E-state index contributed by atoms with van der Waals surface area (Å²) in [5.41, 5.74) is 6.67. The van der Waals surface area contributed by atoms with Crippen LogP contribution in [-0.4, -0.2) is 32.2 Å². The predicted molar refractivity (Wildman–Crippen MR) is 91.2 cm³/mol. The van der Waals surface area contributed by atoms with Crippen molar-refractivity contribution in [2.45, 2.75) is 44.6 Å². The van der Waals surface area contributed by atoms with E-state index >= 15 is 0 Å². The number of nitrogens with two attached hydrogens (primary N) is 1. The van der Waals surface area contributed by atoms with E-state index in [1.165, 1.54) is 5.56 Å². The van der Waals surface area contributed by atoms with Crippen LogP contribution in [0.25, 0.3) is 0 Å². The number of benzene rings is 1. The minimum atomic E-state index is -0.229. The van der Waals surface area contributed by atoms with Crippen molar-refractivity contribution in [2.75, 3.05) is 20.2 Å². The maximum absolute atomic E-state index is 12.1. The molecule has 0 aliphatic heterocycles. The number of halogens is 1. The Morgan fingerprint density at radius 2 is 1.91 bits per heavy atom. The molecule has 1 aromatic carbocycles. The molecular formula is C17H27ClN2O2. The first-order valence-electron chi connectivity index (χ1n) is 7.77. The minimum absolute atomic E-state index is 0.0301. The molecule has 0 fully saturated rings. The van der Waals surface area contributed by atoms with E-state index in [9.17, 15) is 4.79 Å². The molecule has 4 nitrogen and oxygen atoms in total. The molecule has 0 aromatic heterocycles. The van der Waals surface area contributed by atoms with Crippen molar-refractivity contribution in [3.05, 3.63) is 34.9 Å². The van der Waals surface area contributed by atoms with Gasteiger partial charge in [0.25, 0.3) is 0 Å². The van der Waals surface area contributed by atoms with E-state index in [1.54, 1.807) is 7.11 Å². The number of carbonyl (C=O) groups excluding carboxylic acids is 1. The first-order valence-corrected chi connectivity index (χ1v) is 8.14. The Balaban J connectivity index is 2.75. The van der Waals surface area contributed by atoms with Gasteiger partial charge in [-0.15, -0.1) is 0 Å². The van der Waals surface area contributed by atoms with E-state index in [2.05, 4.69) is 19.2 Å². The normalized spacial score (nSPS) is 13.0. The van der Waals surface area contributed by atoms with E-state index in [0.29, 0.717) is 13.1 Å². The fourth-order valence-electron chi connectivity index (χ4n) is 2.62. The van der Waals surface area contributed by atoms with Crippen LogP contribution in [0.3, 0.4) is 0 Å². The number of carbonyl (C=O) groups is 1. The highest BCUT2D eigenvalue weighted by molar-refractivity contribution is 6.30. The van der Waals surface area contributed by atoms with Gasteiger partial charge in [0.05, 0.1) is 12.5 Å². The van der Waals surface area contributed by atoms with Crippen LogP contribution >= 0.6 is 11.6 Å². The molecule has 1 amide bonds. The van der Waals surface area contributed by atoms with Crippen LogP contribution in [0, 0.1) is 0 Å². The Kier molecular flexibility index (Phi) is 7.87. The molecule has 22 heavy (non-hydrogen) atoms. The van der Waals surface area contributed by atoms with Crippen molar-refractivity contribution in [3.63, 3.8) is 0 Å². The smallest absolute Gasteiger partial charge is 0.222 e. The Morgan fingerprint density at radius 3 is 2.36 bits per heavy atom. The molecule has 0 bridgehead atoms. The summed E-state index contributed by atoms with van der Waals surface area (Å²) in [6.07, 6.45) is 1.94. The largest absolute Gasteiger partial charge is 0.380 e. The molecule has 1 rings (SSSR count). The molecule has 0 aliphatic rings. The monoisotopic (exact) mass is 326 g/mol. The zero-order valence-corrected chi connectivity index (χ0v) is 14.5. The summed E-state index contributed by atoms with van der Waals surface area (Å²) in [6.45, 7) is 5.22. The second kappa shape index (κ2) is 9.13. The third-order valence-corrected chi connectivity index (χ3v) is 4.70. The summed E-state index contributed by atoms with van der Waals surface area (Å²) in [5.74, 6) is -0.0301. The molecule has 0 spiro atoms. The Hall–Kier alpha value is -1.10. The van der Waals surface area contributed by atoms with Gasteiger partial charge in [-0.25, -0.2) is 0 Å². The van der Waals surface area contributed by atoms with Gasteiger partial charge in [0, 0.05) is 30.6 Å². The lowest BCUT2D eigenvalue weighted by molar-refractivity contribution is -0.123. The molecule has 0 radical (unpaired) electrons. The Labute approximate surface area is 138 Å². The van der Waals surface area contributed by atoms with Crippen LogP contribution in [0.15, 0.2) is 24.3 Å². The third-order valence-electron chi connectivity index (χ3n) is 4.44. The molecule has 0 saturated heterocycles. The zero-order valence-electron chi connectivity index (χ0n) is 13.7. The number of methoxy groups -OCH3 is 1. The summed E-state index contributed by atoms with van der Waals surface area (Å²) in [5, 5.41) is 3.75. The number of nitrogens with one attached hydrogen (secondary N) is 1. The lowest BCUT2D eigenvalue weighted by atomic mass is 9.76. The molecule has 124 valence electrons. The average molecular weight is 327 g/mol. The number of rotatable bonds is 9. The number of ether oxygens (including phenoxy) is 1. The van der Waals surface area contributed by atoms with Gasteiger partial charge in [-0.05, 0) is 30.5 Å². The highest BCUT2D eigenvalue weighted by Crippen LogP contribution is 2.31. The van der Waals surface area contributed by atoms with Gasteiger partial charge in [0.1, 0.15) is 0 Å². The number of hydrogen-bond acceptors (Lipinski definition) is 3. The summed E-state index contributed by atoms with van der Waals surface area (Å²) in [6, 6.07) is 7.88. The first-order chi connectivity index (χ1) is 10.5. The Morgan fingerprint density at radius 1 is 1.32 bits per heavy atom. The summed E-state index contributed by atoms with van der Waals surface area (Å²) in [7, 11) is 1.57. The second-order valence-electron chi connectivity index (χ2n) is 5.57. The highest BCUT2D eigenvalue weighted by Gasteiger charge is 2.29. The van der Waals surface area contributed by atoms with Crippen molar-refractivity contribution in [1.82, 2.24) is 5.32 Å². The zero-order chi connectivity index (χ0) is 16.6. The molecule has 1 atom stereocenters. The molecule has 5 heteroatoms. The van der Waals surface area contributed by atoms with E-state index < -0.39 is 0 Å². The lowest BCUT2D eigenvalue weighted by Gasteiger charge is -2.33. The molecular weight excluding hydrogens is 300 g/mol.